The van der Waals surface area contributed by atoms with Crippen molar-refractivity contribution in [2.45, 2.75) is 26.2 Å². The Morgan fingerprint density at radius 1 is 1.50 bits per heavy atom. The molecule has 1 aliphatic carbocycles. The van der Waals surface area contributed by atoms with Crippen molar-refractivity contribution < 1.29 is 9.90 Å². The first-order valence-electron chi connectivity index (χ1n) is 5.62. The molecule has 0 aromatic rings. The van der Waals surface area contributed by atoms with Gasteiger partial charge < -0.3 is 10.0 Å². The fraction of sp³-hybridized carbons (Fsp3) is 0.909. The van der Waals surface area contributed by atoms with Gasteiger partial charge in [0.2, 0.25) is 5.91 Å². The molecule has 0 aromatic carbocycles. The van der Waals surface area contributed by atoms with Gasteiger partial charge in [0, 0.05) is 31.5 Å². The second-order valence-corrected chi connectivity index (χ2v) is 4.75. The third-order valence-electron chi connectivity index (χ3n) is 3.57. The Balaban J connectivity index is 1.85. The normalized spacial score (nSPS) is 29.3. The molecule has 0 radical (unpaired) electrons. The van der Waals surface area contributed by atoms with Crippen molar-refractivity contribution in [2.24, 2.45) is 17.8 Å². The monoisotopic (exact) mass is 197 g/mol. The van der Waals surface area contributed by atoms with Crippen LogP contribution in [-0.4, -0.2) is 35.6 Å². The molecule has 0 spiro atoms. The number of aliphatic hydroxyl groups is 1. The average Bonchev–Trinajstić information content (AvgIpc) is 2.94. The molecule has 2 unspecified atom stereocenters. The van der Waals surface area contributed by atoms with E-state index in [0.717, 1.165) is 19.5 Å². The number of carbonyl (C=O) groups excluding carboxylic acids is 1. The van der Waals surface area contributed by atoms with Crippen LogP contribution in [0.1, 0.15) is 26.2 Å². The lowest BCUT2D eigenvalue weighted by Gasteiger charge is -2.20. The van der Waals surface area contributed by atoms with Gasteiger partial charge in [-0.3, -0.25) is 4.79 Å². The Hall–Kier alpha value is -0.570. The second-order valence-electron chi connectivity index (χ2n) is 4.75. The van der Waals surface area contributed by atoms with Gasteiger partial charge in [0.05, 0.1) is 0 Å². The lowest BCUT2D eigenvalue weighted by atomic mass is 10.1. The zero-order chi connectivity index (χ0) is 10.1. The number of amides is 1. The van der Waals surface area contributed by atoms with Gasteiger partial charge in [-0.05, 0) is 25.2 Å². The number of nitrogens with zero attached hydrogens (tertiary/aromatic N) is 1. The summed E-state index contributed by atoms with van der Waals surface area (Å²) in [6.07, 6.45) is 3.42. The van der Waals surface area contributed by atoms with Gasteiger partial charge in [0.1, 0.15) is 0 Å². The Kier molecular flexibility index (Phi) is 2.77. The molecule has 1 aliphatic heterocycles. The van der Waals surface area contributed by atoms with Crippen LogP contribution in [0.2, 0.25) is 0 Å². The summed E-state index contributed by atoms with van der Waals surface area (Å²) in [5.41, 5.74) is 0. The van der Waals surface area contributed by atoms with Crippen molar-refractivity contribution in [3.8, 4) is 0 Å². The third-order valence-corrected chi connectivity index (χ3v) is 3.57. The zero-order valence-corrected chi connectivity index (χ0v) is 8.78. The predicted molar refractivity (Wildman–Crippen MR) is 53.7 cm³/mol. The smallest absolute Gasteiger partial charge is 0.225 e. The lowest BCUT2D eigenvalue weighted by Crippen LogP contribution is -2.34. The Labute approximate surface area is 85.1 Å². The maximum absolute atomic E-state index is 11.9. The van der Waals surface area contributed by atoms with E-state index in [1.807, 2.05) is 11.8 Å². The SMILES string of the molecule is CC(C(=O)N1CCC(CO)C1)C1CC1. The third kappa shape index (κ3) is 1.92. The Bertz CT molecular complexity index is 225. The molecule has 3 heteroatoms. The number of rotatable bonds is 3. The quantitative estimate of drug-likeness (QED) is 0.729. The van der Waals surface area contributed by atoms with E-state index in [1.54, 1.807) is 0 Å². The standard InChI is InChI=1S/C11H19NO2/c1-8(10-2-3-10)11(14)12-5-4-9(6-12)7-13/h8-10,13H,2-7H2,1H3. The number of likely N-dealkylation sites (tertiary alicyclic amines) is 1. The van der Waals surface area contributed by atoms with Crippen LogP contribution in [0.5, 0.6) is 0 Å². The molecule has 2 fully saturated rings. The summed E-state index contributed by atoms with van der Waals surface area (Å²) in [7, 11) is 0. The van der Waals surface area contributed by atoms with Gasteiger partial charge in [0.15, 0.2) is 0 Å². The van der Waals surface area contributed by atoms with Crippen molar-refractivity contribution in [1.29, 1.82) is 0 Å². The van der Waals surface area contributed by atoms with Crippen LogP contribution in [0.25, 0.3) is 0 Å². The molecule has 1 N–H and O–H groups in total. The molecule has 3 nitrogen and oxygen atoms in total. The highest BCUT2D eigenvalue weighted by Gasteiger charge is 2.36. The van der Waals surface area contributed by atoms with Crippen molar-refractivity contribution in [1.82, 2.24) is 4.90 Å². The summed E-state index contributed by atoms with van der Waals surface area (Å²) in [5.74, 6) is 1.50. The Morgan fingerprint density at radius 2 is 2.21 bits per heavy atom. The maximum Gasteiger partial charge on any atom is 0.225 e. The van der Waals surface area contributed by atoms with Gasteiger partial charge >= 0.3 is 0 Å². The van der Waals surface area contributed by atoms with Crippen molar-refractivity contribution in [3.05, 3.63) is 0 Å². The van der Waals surface area contributed by atoms with Crippen LogP contribution in [0.3, 0.4) is 0 Å². The minimum Gasteiger partial charge on any atom is -0.396 e. The van der Waals surface area contributed by atoms with Crippen LogP contribution in [-0.2, 0) is 4.79 Å². The minimum absolute atomic E-state index is 0.215. The van der Waals surface area contributed by atoms with E-state index in [0.29, 0.717) is 17.7 Å². The van der Waals surface area contributed by atoms with Crippen LogP contribution in [0.4, 0.5) is 0 Å². The fourth-order valence-corrected chi connectivity index (χ4v) is 2.27. The molecule has 80 valence electrons. The molecular formula is C11H19NO2. The van der Waals surface area contributed by atoms with Crippen LogP contribution < -0.4 is 0 Å². The van der Waals surface area contributed by atoms with Gasteiger partial charge in [-0.1, -0.05) is 6.92 Å². The van der Waals surface area contributed by atoms with Crippen molar-refractivity contribution >= 4 is 5.91 Å². The summed E-state index contributed by atoms with van der Waals surface area (Å²) in [5, 5.41) is 8.99. The van der Waals surface area contributed by atoms with E-state index in [2.05, 4.69) is 0 Å². The Morgan fingerprint density at radius 3 is 2.71 bits per heavy atom. The zero-order valence-electron chi connectivity index (χ0n) is 8.78. The van der Waals surface area contributed by atoms with Crippen LogP contribution >= 0.6 is 0 Å². The van der Waals surface area contributed by atoms with E-state index in [4.69, 9.17) is 5.11 Å². The lowest BCUT2D eigenvalue weighted by molar-refractivity contribution is -0.134. The molecule has 2 atom stereocenters. The molecule has 1 saturated carbocycles. The van der Waals surface area contributed by atoms with Gasteiger partial charge in [-0.25, -0.2) is 0 Å². The molecule has 1 heterocycles. The summed E-state index contributed by atoms with van der Waals surface area (Å²) in [6, 6.07) is 0. The summed E-state index contributed by atoms with van der Waals surface area (Å²) in [4.78, 5) is 13.9. The molecule has 1 saturated heterocycles. The molecule has 0 aromatic heterocycles. The number of carbonyl (C=O) groups is 1. The summed E-state index contributed by atoms with van der Waals surface area (Å²) < 4.78 is 0. The minimum atomic E-state index is 0.215. The van der Waals surface area contributed by atoms with Crippen molar-refractivity contribution in [2.75, 3.05) is 19.7 Å². The first-order chi connectivity index (χ1) is 6.72. The highest BCUT2D eigenvalue weighted by molar-refractivity contribution is 5.79. The van der Waals surface area contributed by atoms with Gasteiger partial charge in [0.25, 0.3) is 0 Å². The first-order valence-corrected chi connectivity index (χ1v) is 5.62. The molecule has 2 aliphatic rings. The van der Waals surface area contributed by atoms with E-state index in [9.17, 15) is 4.79 Å². The predicted octanol–water partition coefficient (Wildman–Crippen LogP) is 0.873. The van der Waals surface area contributed by atoms with E-state index in [-0.39, 0.29) is 12.5 Å². The summed E-state index contributed by atoms with van der Waals surface area (Å²) >= 11 is 0. The molecule has 0 bridgehead atoms. The number of aliphatic hydroxyl groups excluding tert-OH is 1. The maximum atomic E-state index is 11.9. The van der Waals surface area contributed by atoms with Crippen LogP contribution in [0, 0.1) is 17.8 Å². The average molecular weight is 197 g/mol. The molecule has 1 amide bonds. The number of hydrogen-bond acceptors (Lipinski definition) is 2. The largest absolute Gasteiger partial charge is 0.396 e. The van der Waals surface area contributed by atoms with Crippen molar-refractivity contribution in [3.63, 3.8) is 0 Å². The van der Waals surface area contributed by atoms with Gasteiger partial charge in [-0.2, -0.15) is 0 Å². The van der Waals surface area contributed by atoms with E-state index in [1.165, 1.54) is 12.8 Å². The van der Waals surface area contributed by atoms with E-state index >= 15 is 0 Å². The molecule has 14 heavy (non-hydrogen) atoms. The second kappa shape index (κ2) is 3.89. The van der Waals surface area contributed by atoms with E-state index < -0.39 is 0 Å². The summed E-state index contributed by atoms with van der Waals surface area (Å²) in [6.45, 7) is 3.89. The molecule has 2 rings (SSSR count). The fourth-order valence-electron chi connectivity index (χ4n) is 2.27. The van der Waals surface area contributed by atoms with Gasteiger partial charge in [-0.15, -0.1) is 0 Å². The highest BCUT2D eigenvalue weighted by atomic mass is 16.3. The topological polar surface area (TPSA) is 40.5 Å². The number of hydrogen-bond donors (Lipinski definition) is 1. The molecular weight excluding hydrogens is 178 g/mol. The first kappa shape index (κ1) is 9.97. The van der Waals surface area contributed by atoms with Crippen LogP contribution in [0.15, 0.2) is 0 Å². The highest BCUT2D eigenvalue weighted by Crippen LogP contribution is 2.38.